The average molecular weight is 313 g/mol. The monoisotopic (exact) mass is 313 g/mol. The lowest BCUT2D eigenvalue weighted by molar-refractivity contribution is 0.317. The molecule has 0 aliphatic carbocycles. The lowest BCUT2D eigenvalue weighted by Gasteiger charge is -2.17. The third-order valence-corrected chi connectivity index (χ3v) is 6.15. The number of nitrogens with zero attached hydrogens (tertiary/aromatic N) is 3. The highest BCUT2D eigenvalue weighted by atomic mass is 32.1. The zero-order valence-electron chi connectivity index (χ0n) is 13.4. The summed E-state index contributed by atoms with van der Waals surface area (Å²) in [4.78, 5) is 12.1. The quantitative estimate of drug-likeness (QED) is 0.828. The van der Waals surface area contributed by atoms with Crippen LogP contribution in [0.2, 0.25) is 0 Å². The van der Waals surface area contributed by atoms with Crippen molar-refractivity contribution in [3.8, 4) is 0 Å². The van der Waals surface area contributed by atoms with Gasteiger partial charge in [-0.25, -0.2) is 4.98 Å². The molecular weight excluding hydrogens is 290 g/mol. The Hall–Kier alpha value is -1.26. The van der Waals surface area contributed by atoms with E-state index in [1.165, 1.54) is 46.8 Å². The first-order valence-corrected chi connectivity index (χ1v) is 9.17. The van der Waals surface area contributed by atoms with E-state index in [1.54, 1.807) is 0 Å². The normalized spacial score (nSPS) is 26.5. The van der Waals surface area contributed by atoms with Crippen LogP contribution in [0.4, 0.5) is 0 Å². The standard InChI is InChI=1S/C18H23N3S/c1-12-5-7-14(19-11-12)13-6-8-17-15(10-13)20-18(22-17)16-4-3-9-21(16)2/h6,8,10,12,16H,3-5,7,9,11H2,1-2H3/t12-,16?/m0/s1. The third-order valence-electron chi connectivity index (χ3n) is 5.01. The SMILES string of the molecule is C[C@H]1CCC(c2ccc3sc(C4CCCN4C)nc3c2)=NC1. The molecule has 0 bridgehead atoms. The van der Waals surface area contributed by atoms with Crippen LogP contribution in [0.3, 0.4) is 0 Å². The van der Waals surface area contributed by atoms with E-state index in [4.69, 9.17) is 9.98 Å². The van der Waals surface area contributed by atoms with Crippen LogP contribution in [0.5, 0.6) is 0 Å². The summed E-state index contributed by atoms with van der Waals surface area (Å²) >= 11 is 1.86. The minimum absolute atomic E-state index is 0.522. The van der Waals surface area contributed by atoms with E-state index >= 15 is 0 Å². The average Bonchev–Trinajstić information content (AvgIpc) is 3.12. The predicted molar refractivity (Wildman–Crippen MR) is 94.0 cm³/mol. The van der Waals surface area contributed by atoms with E-state index in [1.807, 2.05) is 11.3 Å². The summed E-state index contributed by atoms with van der Waals surface area (Å²) in [5, 5.41) is 1.28. The molecule has 3 heterocycles. The van der Waals surface area contributed by atoms with Crippen LogP contribution < -0.4 is 0 Å². The number of hydrogen-bond donors (Lipinski definition) is 0. The fourth-order valence-electron chi connectivity index (χ4n) is 3.54. The van der Waals surface area contributed by atoms with Gasteiger partial charge >= 0.3 is 0 Å². The van der Waals surface area contributed by atoms with Crippen molar-refractivity contribution in [2.75, 3.05) is 20.1 Å². The zero-order valence-corrected chi connectivity index (χ0v) is 14.2. The first-order valence-electron chi connectivity index (χ1n) is 8.35. The molecule has 1 unspecified atom stereocenters. The Morgan fingerprint density at radius 3 is 2.91 bits per heavy atom. The molecule has 0 N–H and O–H groups in total. The summed E-state index contributed by atoms with van der Waals surface area (Å²) in [7, 11) is 2.22. The van der Waals surface area contributed by atoms with Gasteiger partial charge in [-0.2, -0.15) is 0 Å². The summed E-state index contributed by atoms with van der Waals surface area (Å²) in [6.07, 6.45) is 4.90. The maximum absolute atomic E-state index is 4.94. The van der Waals surface area contributed by atoms with Gasteiger partial charge < -0.3 is 0 Å². The van der Waals surface area contributed by atoms with Crippen LogP contribution in [0.25, 0.3) is 10.2 Å². The van der Waals surface area contributed by atoms with E-state index in [9.17, 15) is 0 Å². The molecule has 3 nitrogen and oxygen atoms in total. The van der Waals surface area contributed by atoms with Crippen molar-refractivity contribution >= 4 is 27.3 Å². The van der Waals surface area contributed by atoms with Gasteiger partial charge in [-0.1, -0.05) is 13.0 Å². The van der Waals surface area contributed by atoms with Gasteiger partial charge in [0.15, 0.2) is 0 Å². The van der Waals surface area contributed by atoms with Crippen molar-refractivity contribution in [2.24, 2.45) is 10.9 Å². The molecule has 4 heteroatoms. The second kappa shape index (κ2) is 5.74. The maximum Gasteiger partial charge on any atom is 0.111 e. The summed E-state index contributed by atoms with van der Waals surface area (Å²) in [5.74, 6) is 0.733. The number of benzene rings is 1. The molecule has 1 aromatic carbocycles. The van der Waals surface area contributed by atoms with E-state index in [2.05, 4.69) is 37.1 Å². The zero-order chi connectivity index (χ0) is 15.1. The summed E-state index contributed by atoms with van der Waals surface area (Å²) < 4.78 is 1.31. The van der Waals surface area contributed by atoms with Crippen LogP contribution in [0.15, 0.2) is 23.2 Å². The maximum atomic E-state index is 4.94. The smallest absolute Gasteiger partial charge is 0.111 e. The van der Waals surface area contributed by atoms with Crippen LogP contribution in [0.1, 0.15) is 49.2 Å². The molecule has 22 heavy (non-hydrogen) atoms. The van der Waals surface area contributed by atoms with Crippen LogP contribution in [0, 0.1) is 5.92 Å². The number of aliphatic imine (C=N–C) groups is 1. The summed E-state index contributed by atoms with van der Waals surface area (Å²) in [5.41, 5.74) is 3.70. The molecule has 116 valence electrons. The van der Waals surface area contributed by atoms with Crippen LogP contribution in [-0.2, 0) is 0 Å². The number of thiazole rings is 1. The first-order chi connectivity index (χ1) is 10.7. The molecule has 1 aromatic heterocycles. The number of fused-ring (bicyclic) bond motifs is 1. The molecule has 4 rings (SSSR count). The molecule has 0 spiro atoms. The highest BCUT2D eigenvalue weighted by molar-refractivity contribution is 7.18. The topological polar surface area (TPSA) is 28.5 Å². The minimum atomic E-state index is 0.522. The van der Waals surface area contributed by atoms with Gasteiger partial charge in [0.1, 0.15) is 5.01 Å². The molecule has 1 saturated heterocycles. The van der Waals surface area contributed by atoms with Gasteiger partial charge in [0.25, 0.3) is 0 Å². The van der Waals surface area contributed by atoms with Gasteiger partial charge in [-0.3, -0.25) is 9.89 Å². The van der Waals surface area contributed by atoms with Crippen LogP contribution >= 0.6 is 11.3 Å². The highest BCUT2D eigenvalue weighted by Gasteiger charge is 2.25. The molecule has 1 fully saturated rings. The first kappa shape index (κ1) is 14.3. The number of likely N-dealkylation sites (tertiary alicyclic amines) is 1. The molecule has 0 saturated carbocycles. The molecule has 0 amide bonds. The van der Waals surface area contributed by atoms with E-state index in [0.29, 0.717) is 6.04 Å². The largest absolute Gasteiger partial charge is 0.297 e. The summed E-state index contributed by atoms with van der Waals surface area (Å²) in [6.45, 7) is 4.46. The Morgan fingerprint density at radius 1 is 1.27 bits per heavy atom. The Morgan fingerprint density at radius 2 is 2.18 bits per heavy atom. The van der Waals surface area contributed by atoms with Crippen molar-refractivity contribution in [3.63, 3.8) is 0 Å². The Bertz CT molecular complexity index is 718. The van der Waals surface area contributed by atoms with Crippen molar-refractivity contribution < 1.29 is 0 Å². The number of hydrogen-bond acceptors (Lipinski definition) is 4. The van der Waals surface area contributed by atoms with Gasteiger partial charge in [0, 0.05) is 12.3 Å². The third kappa shape index (κ3) is 2.59. The predicted octanol–water partition coefficient (Wildman–Crippen LogP) is 4.28. The van der Waals surface area contributed by atoms with Gasteiger partial charge in [0.05, 0.1) is 16.3 Å². The minimum Gasteiger partial charge on any atom is -0.297 e. The van der Waals surface area contributed by atoms with E-state index in [0.717, 1.165) is 24.4 Å². The highest BCUT2D eigenvalue weighted by Crippen LogP contribution is 2.35. The Kier molecular flexibility index (Phi) is 3.74. The molecule has 2 atom stereocenters. The lowest BCUT2D eigenvalue weighted by Crippen LogP contribution is -2.17. The fraction of sp³-hybridized carbons (Fsp3) is 0.556. The van der Waals surface area contributed by atoms with Crippen molar-refractivity contribution in [1.29, 1.82) is 0 Å². The molecule has 0 radical (unpaired) electrons. The Labute approximate surface area is 136 Å². The second-order valence-electron chi connectivity index (χ2n) is 6.80. The van der Waals surface area contributed by atoms with E-state index < -0.39 is 0 Å². The van der Waals surface area contributed by atoms with Crippen LogP contribution in [-0.4, -0.2) is 35.7 Å². The number of rotatable bonds is 2. The Balaban J connectivity index is 1.66. The van der Waals surface area contributed by atoms with E-state index in [-0.39, 0.29) is 0 Å². The lowest BCUT2D eigenvalue weighted by atomic mass is 9.96. The van der Waals surface area contributed by atoms with Gasteiger partial charge in [0.2, 0.25) is 0 Å². The fourth-order valence-corrected chi connectivity index (χ4v) is 4.69. The molecule has 2 aliphatic heterocycles. The van der Waals surface area contributed by atoms with Gasteiger partial charge in [-0.05, 0) is 62.9 Å². The van der Waals surface area contributed by atoms with Crippen molar-refractivity contribution in [3.05, 3.63) is 28.8 Å². The van der Waals surface area contributed by atoms with Crippen molar-refractivity contribution in [2.45, 2.75) is 38.6 Å². The van der Waals surface area contributed by atoms with Crippen molar-refractivity contribution in [1.82, 2.24) is 9.88 Å². The molecule has 2 aliphatic rings. The summed E-state index contributed by atoms with van der Waals surface area (Å²) in [6, 6.07) is 7.24. The molecule has 2 aromatic rings. The second-order valence-corrected chi connectivity index (χ2v) is 7.87. The molecular formula is C18H23N3S. The number of aromatic nitrogens is 1. The van der Waals surface area contributed by atoms with Gasteiger partial charge in [-0.15, -0.1) is 11.3 Å².